The van der Waals surface area contributed by atoms with E-state index in [1.165, 1.54) is 12.8 Å². The Hall–Kier alpha value is -1.09. The van der Waals surface area contributed by atoms with Crippen LogP contribution in [0, 0.1) is 5.92 Å². The number of halogens is 1. The van der Waals surface area contributed by atoms with E-state index < -0.39 is 0 Å². The lowest BCUT2D eigenvalue weighted by molar-refractivity contribution is 0.143. The van der Waals surface area contributed by atoms with E-state index in [2.05, 4.69) is 21.8 Å². The molecule has 1 saturated heterocycles. The molecule has 2 N–H and O–H groups in total. The van der Waals surface area contributed by atoms with Crippen LogP contribution in [-0.4, -0.2) is 49.3 Å². The van der Waals surface area contributed by atoms with E-state index in [1.807, 2.05) is 12.1 Å². The van der Waals surface area contributed by atoms with Crippen LogP contribution in [0.1, 0.15) is 25.3 Å². The van der Waals surface area contributed by atoms with Crippen molar-refractivity contribution in [1.82, 2.24) is 9.88 Å². The first-order valence-corrected chi connectivity index (χ1v) is 7.81. The van der Waals surface area contributed by atoms with Crippen molar-refractivity contribution in [3.05, 3.63) is 23.9 Å². The van der Waals surface area contributed by atoms with Gasteiger partial charge in [0.15, 0.2) is 5.96 Å². The number of aromatic nitrogens is 1. The van der Waals surface area contributed by atoms with Crippen molar-refractivity contribution in [3.63, 3.8) is 0 Å². The molecule has 1 aromatic heterocycles. The highest BCUT2D eigenvalue weighted by molar-refractivity contribution is 14.0. The number of aliphatic imine (C=N–C) groups is 1. The summed E-state index contributed by atoms with van der Waals surface area (Å²) >= 11 is 0. The molecule has 2 rings (SSSR count). The van der Waals surface area contributed by atoms with E-state index >= 15 is 0 Å². The second kappa shape index (κ2) is 10.6. The molecule has 0 spiro atoms. The molecule has 0 saturated carbocycles. The normalized spacial score (nSPS) is 18.4. The fourth-order valence-electron chi connectivity index (χ4n) is 2.56. The molecule has 0 aliphatic carbocycles. The number of piperidine rings is 1. The molecule has 1 aromatic rings. The highest BCUT2D eigenvalue weighted by Crippen LogP contribution is 2.17. The second-order valence-electron chi connectivity index (χ2n) is 5.68. The maximum atomic E-state index is 6.12. The van der Waals surface area contributed by atoms with E-state index in [0.29, 0.717) is 37.5 Å². The fourth-order valence-corrected chi connectivity index (χ4v) is 2.56. The van der Waals surface area contributed by atoms with Gasteiger partial charge >= 0.3 is 0 Å². The largest absolute Gasteiger partial charge is 0.475 e. The van der Waals surface area contributed by atoms with Crippen LogP contribution < -0.4 is 10.5 Å². The molecule has 1 fully saturated rings. The average molecular weight is 434 g/mol. The smallest absolute Gasteiger partial charge is 0.218 e. The van der Waals surface area contributed by atoms with Crippen molar-refractivity contribution < 1.29 is 9.47 Å². The minimum Gasteiger partial charge on any atom is -0.475 e. The van der Waals surface area contributed by atoms with Crippen molar-refractivity contribution in [2.24, 2.45) is 16.6 Å². The number of hydrogen-bond donors (Lipinski definition) is 1. The SMILES string of the molecule is COCCOc1ncccc1CN=C(N)N1CCCC(C)C1.I. The molecule has 0 aromatic carbocycles. The first-order chi connectivity index (χ1) is 10.7. The zero-order valence-corrected chi connectivity index (χ0v) is 16.2. The first kappa shape index (κ1) is 20.0. The van der Waals surface area contributed by atoms with E-state index in [9.17, 15) is 0 Å². The summed E-state index contributed by atoms with van der Waals surface area (Å²) in [5, 5.41) is 0. The third kappa shape index (κ3) is 6.50. The summed E-state index contributed by atoms with van der Waals surface area (Å²) in [6.07, 6.45) is 4.16. The lowest BCUT2D eigenvalue weighted by Crippen LogP contribution is -2.43. The predicted octanol–water partition coefficient (Wildman–Crippen LogP) is 2.27. The zero-order valence-electron chi connectivity index (χ0n) is 13.9. The van der Waals surface area contributed by atoms with Gasteiger partial charge in [-0.1, -0.05) is 13.0 Å². The third-order valence-corrected chi connectivity index (χ3v) is 3.77. The number of hydrogen-bond acceptors (Lipinski definition) is 4. The summed E-state index contributed by atoms with van der Waals surface area (Å²) in [7, 11) is 1.65. The Morgan fingerprint density at radius 1 is 1.48 bits per heavy atom. The van der Waals surface area contributed by atoms with Gasteiger partial charge in [0, 0.05) is 32.0 Å². The first-order valence-electron chi connectivity index (χ1n) is 7.81. The van der Waals surface area contributed by atoms with Gasteiger partial charge in [0.05, 0.1) is 13.2 Å². The number of nitrogens with zero attached hydrogens (tertiary/aromatic N) is 3. The van der Waals surface area contributed by atoms with Crippen molar-refractivity contribution in [2.45, 2.75) is 26.3 Å². The monoisotopic (exact) mass is 434 g/mol. The van der Waals surface area contributed by atoms with Crippen molar-refractivity contribution in [3.8, 4) is 5.88 Å². The van der Waals surface area contributed by atoms with E-state index in [-0.39, 0.29) is 24.0 Å². The quantitative estimate of drug-likeness (QED) is 0.322. The molecule has 2 heterocycles. The van der Waals surface area contributed by atoms with Crippen LogP contribution >= 0.6 is 24.0 Å². The molecule has 0 bridgehead atoms. The third-order valence-electron chi connectivity index (χ3n) is 3.77. The van der Waals surface area contributed by atoms with Crippen LogP contribution in [-0.2, 0) is 11.3 Å². The van der Waals surface area contributed by atoms with Gasteiger partial charge in [-0.25, -0.2) is 9.98 Å². The van der Waals surface area contributed by atoms with Crippen molar-refractivity contribution in [2.75, 3.05) is 33.4 Å². The second-order valence-corrected chi connectivity index (χ2v) is 5.68. The van der Waals surface area contributed by atoms with Crippen LogP contribution in [0.2, 0.25) is 0 Å². The number of nitrogens with two attached hydrogens (primary N) is 1. The lowest BCUT2D eigenvalue weighted by atomic mass is 10.0. The minimum absolute atomic E-state index is 0. The highest BCUT2D eigenvalue weighted by Gasteiger charge is 2.17. The molecule has 7 heteroatoms. The average Bonchev–Trinajstić information content (AvgIpc) is 2.54. The summed E-state index contributed by atoms with van der Waals surface area (Å²) in [4.78, 5) is 10.9. The molecule has 6 nitrogen and oxygen atoms in total. The molecular weight excluding hydrogens is 407 g/mol. The van der Waals surface area contributed by atoms with Crippen LogP contribution in [0.25, 0.3) is 0 Å². The van der Waals surface area contributed by atoms with Crippen LogP contribution in [0.15, 0.2) is 23.3 Å². The lowest BCUT2D eigenvalue weighted by Gasteiger charge is -2.31. The minimum atomic E-state index is 0. The molecule has 0 radical (unpaired) electrons. The fraction of sp³-hybridized carbons (Fsp3) is 0.625. The molecule has 130 valence electrons. The number of ether oxygens (including phenoxy) is 2. The number of likely N-dealkylation sites (tertiary alicyclic amines) is 1. The molecule has 1 atom stereocenters. The van der Waals surface area contributed by atoms with Gasteiger partial charge in [0.1, 0.15) is 6.61 Å². The van der Waals surface area contributed by atoms with Crippen LogP contribution in [0.5, 0.6) is 5.88 Å². The van der Waals surface area contributed by atoms with E-state index in [0.717, 1.165) is 18.7 Å². The Bertz CT molecular complexity index is 499. The van der Waals surface area contributed by atoms with Gasteiger partial charge in [-0.2, -0.15) is 0 Å². The zero-order chi connectivity index (χ0) is 15.8. The van der Waals surface area contributed by atoms with E-state index in [4.69, 9.17) is 15.2 Å². The highest BCUT2D eigenvalue weighted by atomic mass is 127. The van der Waals surface area contributed by atoms with Gasteiger partial charge in [0.25, 0.3) is 0 Å². The maximum absolute atomic E-state index is 6.12. The number of rotatable bonds is 6. The van der Waals surface area contributed by atoms with Crippen LogP contribution in [0.3, 0.4) is 0 Å². The standard InChI is InChI=1S/C16H26N4O2.HI/c1-13-5-4-8-20(12-13)16(17)19-11-14-6-3-7-18-15(14)22-10-9-21-2;/h3,6-7,13H,4-5,8-12H2,1-2H3,(H2,17,19);1H. The number of methoxy groups -OCH3 is 1. The van der Waals surface area contributed by atoms with Gasteiger partial charge in [-0.05, 0) is 24.8 Å². The summed E-state index contributed by atoms with van der Waals surface area (Å²) in [6, 6.07) is 3.85. The van der Waals surface area contributed by atoms with Gasteiger partial charge < -0.3 is 20.1 Å². The van der Waals surface area contributed by atoms with Crippen molar-refractivity contribution in [1.29, 1.82) is 0 Å². The number of guanidine groups is 1. The summed E-state index contributed by atoms with van der Waals surface area (Å²) in [5.41, 5.74) is 7.06. The topological polar surface area (TPSA) is 73.0 Å². The summed E-state index contributed by atoms with van der Waals surface area (Å²) < 4.78 is 10.6. The number of pyridine rings is 1. The Labute approximate surface area is 155 Å². The van der Waals surface area contributed by atoms with Crippen LogP contribution in [0.4, 0.5) is 0 Å². The van der Waals surface area contributed by atoms with Gasteiger partial charge in [0.2, 0.25) is 5.88 Å². The summed E-state index contributed by atoms with van der Waals surface area (Å²) in [6.45, 7) is 5.72. The van der Waals surface area contributed by atoms with Gasteiger partial charge in [-0.3, -0.25) is 0 Å². The Morgan fingerprint density at radius 2 is 2.30 bits per heavy atom. The molecule has 1 aliphatic heterocycles. The van der Waals surface area contributed by atoms with Gasteiger partial charge in [-0.15, -0.1) is 24.0 Å². The summed E-state index contributed by atoms with van der Waals surface area (Å²) in [5.74, 6) is 1.88. The Balaban J connectivity index is 0.00000264. The Morgan fingerprint density at radius 3 is 3.04 bits per heavy atom. The predicted molar refractivity (Wildman–Crippen MR) is 102 cm³/mol. The molecule has 1 unspecified atom stereocenters. The molecular formula is C16H27IN4O2. The maximum Gasteiger partial charge on any atom is 0.218 e. The molecule has 1 aliphatic rings. The molecule has 23 heavy (non-hydrogen) atoms. The van der Waals surface area contributed by atoms with E-state index in [1.54, 1.807) is 13.3 Å². The Kier molecular flexibility index (Phi) is 9.23. The van der Waals surface area contributed by atoms with Crippen molar-refractivity contribution >= 4 is 29.9 Å². The molecule has 0 amide bonds.